The number of hydrogen-bond donors (Lipinski definition) is 2. The fourth-order valence-electron chi connectivity index (χ4n) is 1.07. The van der Waals surface area contributed by atoms with Crippen LogP contribution in [0, 0.1) is 0 Å². The molecule has 0 aliphatic heterocycles. The van der Waals surface area contributed by atoms with Gasteiger partial charge in [-0.05, 0) is 19.1 Å². The van der Waals surface area contributed by atoms with Crippen LogP contribution in [-0.4, -0.2) is 35.8 Å². The van der Waals surface area contributed by atoms with Gasteiger partial charge in [0.25, 0.3) is 0 Å². The number of aromatic nitrogens is 1. The number of carbonyl (C=O) groups excluding carboxylic acids is 1. The highest BCUT2D eigenvalue weighted by atomic mass is 16.5. The van der Waals surface area contributed by atoms with E-state index in [-0.39, 0.29) is 0 Å². The van der Waals surface area contributed by atoms with E-state index in [0.717, 1.165) is 0 Å². The van der Waals surface area contributed by atoms with E-state index >= 15 is 0 Å². The van der Waals surface area contributed by atoms with Gasteiger partial charge >= 0.3 is 5.97 Å². The summed E-state index contributed by atoms with van der Waals surface area (Å²) in [5.41, 5.74) is 0.362. The van der Waals surface area contributed by atoms with Crippen molar-refractivity contribution in [2.24, 2.45) is 0 Å². The molecule has 0 aliphatic rings. The zero-order chi connectivity index (χ0) is 11.3. The van der Waals surface area contributed by atoms with Gasteiger partial charge in [0.15, 0.2) is 0 Å². The highest BCUT2D eigenvalue weighted by Gasteiger charge is 2.12. The van der Waals surface area contributed by atoms with Gasteiger partial charge in [0, 0.05) is 12.7 Å². The van der Waals surface area contributed by atoms with Crippen LogP contribution >= 0.6 is 0 Å². The van der Waals surface area contributed by atoms with E-state index in [2.05, 4.69) is 15.0 Å². The molecule has 82 valence electrons. The number of methoxy groups -OCH3 is 1. The summed E-state index contributed by atoms with van der Waals surface area (Å²) in [7, 11) is 1.31. The Kier molecular flexibility index (Phi) is 4.05. The van der Waals surface area contributed by atoms with E-state index in [4.69, 9.17) is 5.11 Å². The smallest absolute Gasteiger partial charge is 0.341 e. The Labute approximate surface area is 88.1 Å². The molecular weight excluding hydrogens is 196 g/mol. The second-order valence-corrected chi connectivity index (χ2v) is 3.12. The van der Waals surface area contributed by atoms with Crippen molar-refractivity contribution in [2.45, 2.75) is 13.0 Å². The molecule has 0 saturated heterocycles. The maximum absolute atomic E-state index is 11.3. The Morgan fingerprint density at radius 2 is 2.47 bits per heavy atom. The van der Waals surface area contributed by atoms with Crippen molar-refractivity contribution < 1.29 is 14.6 Å². The number of rotatable bonds is 4. The molecular formula is C10H14N2O3. The lowest BCUT2D eigenvalue weighted by molar-refractivity contribution is 0.0601. The summed E-state index contributed by atoms with van der Waals surface area (Å²) >= 11 is 0. The molecule has 1 heterocycles. The molecule has 1 rings (SSSR count). The predicted octanol–water partition coefficient (Wildman–Crippen LogP) is 0.661. The molecule has 0 spiro atoms. The largest absolute Gasteiger partial charge is 0.465 e. The number of aliphatic hydroxyl groups is 1. The quantitative estimate of drug-likeness (QED) is 0.714. The van der Waals surface area contributed by atoms with E-state index in [1.165, 1.54) is 7.11 Å². The molecule has 1 aromatic rings. The van der Waals surface area contributed by atoms with Crippen LogP contribution < -0.4 is 5.32 Å². The zero-order valence-corrected chi connectivity index (χ0v) is 8.73. The normalized spacial score (nSPS) is 11.9. The van der Waals surface area contributed by atoms with Crippen LogP contribution in [-0.2, 0) is 4.74 Å². The molecule has 0 aliphatic carbocycles. The molecule has 0 saturated carbocycles. The summed E-state index contributed by atoms with van der Waals surface area (Å²) in [5.74, 6) is -0.0264. The Bertz CT molecular complexity index is 339. The van der Waals surface area contributed by atoms with Gasteiger partial charge in [-0.2, -0.15) is 0 Å². The summed E-state index contributed by atoms with van der Waals surface area (Å²) in [6.45, 7) is 1.98. The second kappa shape index (κ2) is 5.31. The molecule has 0 fully saturated rings. The van der Waals surface area contributed by atoms with Gasteiger partial charge in [-0.1, -0.05) is 0 Å². The van der Waals surface area contributed by atoms with Crippen LogP contribution in [0.2, 0.25) is 0 Å². The van der Waals surface area contributed by atoms with Crippen molar-refractivity contribution in [1.82, 2.24) is 4.98 Å². The van der Waals surface area contributed by atoms with E-state index in [1.54, 1.807) is 25.3 Å². The lowest BCUT2D eigenvalue weighted by Gasteiger charge is -2.10. The minimum absolute atomic E-state index is 0.334. The molecule has 2 N–H and O–H groups in total. The Balaban J connectivity index is 2.81. The van der Waals surface area contributed by atoms with Crippen molar-refractivity contribution >= 4 is 11.8 Å². The highest BCUT2D eigenvalue weighted by Crippen LogP contribution is 2.12. The summed E-state index contributed by atoms with van der Waals surface area (Å²) in [5, 5.41) is 12.0. The van der Waals surface area contributed by atoms with Crippen LogP contribution in [0.25, 0.3) is 0 Å². The molecule has 0 radical (unpaired) electrons. The lowest BCUT2D eigenvalue weighted by Crippen LogP contribution is -2.18. The first kappa shape index (κ1) is 11.5. The first-order chi connectivity index (χ1) is 7.15. The Hall–Kier alpha value is -1.62. The van der Waals surface area contributed by atoms with E-state index in [9.17, 15) is 4.79 Å². The van der Waals surface area contributed by atoms with Crippen molar-refractivity contribution in [2.75, 3.05) is 19.0 Å². The minimum Gasteiger partial charge on any atom is -0.465 e. The average Bonchev–Trinajstić information content (AvgIpc) is 2.25. The molecule has 0 amide bonds. The molecule has 0 unspecified atom stereocenters. The molecule has 15 heavy (non-hydrogen) atoms. The molecule has 1 atom stereocenters. The van der Waals surface area contributed by atoms with Crippen LogP contribution in [0.5, 0.6) is 0 Å². The van der Waals surface area contributed by atoms with Crippen LogP contribution in [0.4, 0.5) is 5.82 Å². The van der Waals surface area contributed by atoms with E-state index in [1.807, 2.05) is 0 Å². The average molecular weight is 210 g/mol. The van der Waals surface area contributed by atoms with Crippen molar-refractivity contribution in [1.29, 1.82) is 0 Å². The standard InChI is InChI=1S/C10H14N2O3/c1-7(13)6-12-9-8(10(14)15-2)4-3-5-11-9/h3-5,7,13H,6H2,1-2H3,(H,11,12)/t7-/m1/s1. The summed E-state index contributed by atoms with van der Waals surface area (Å²) in [6, 6.07) is 3.27. The third-order valence-corrected chi connectivity index (χ3v) is 1.78. The number of nitrogens with zero attached hydrogens (tertiary/aromatic N) is 1. The van der Waals surface area contributed by atoms with Crippen LogP contribution in [0.1, 0.15) is 17.3 Å². The minimum atomic E-state index is -0.502. The van der Waals surface area contributed by atoms with Gasteiger partial charge in [-0.25, -0.2) is 9.78 Å². The number of nitrogens with one attached hydrogen (secondary N) is 1. The van der Waals surface area contributed by atoms with Crippen molar-refractivity contribution in [3.63, 3.8) is 0 Å². The maximum atomic E-state index is 11.3. The van der Waals surface area contributed by atoms with Crippen LogP contribution in [0.15, 0.2) is 18.3 Å². The van der Waals surface area contributed by atoms with E-state index < -0.39 is 12.1 Å². The number of carbonyl (C=O) groups is 1. The Morgan fingerprint density at radius 1 is 1.73 bits per heavy atom. The van der Waals surface area contributed by atoms with Crippen LogP contribution in [0.3, 0.4) is 0 Å². The lowest BCUT2D eigenvalue weighted by atomic mass is 10.2. The highest BCUT2D eigenvalue weighted by molar-refractivity contribution is 5.94. The van der Waals surface area contributed by atoms with Gasteiger partial charge in [0.05, 0.1) is 13.2 Å². The van der Waals surface area contributed by atoms with Gasteiger partial charge in [-0.15, -0.1) is 0 Å². The molecule has 1 aromatic heterocycles. The maximum Gasteiger partial charge on any atom is 0.341 e. The molecule has 0 aromatic carbocycles. The number of esters is 1. The fourth-order valence-corrected chi connectivity index (χ4v) is 1.07. The molecule has 0 bridgehead atoms. The first-order valence-electron chi connectivity index (χ1n) is 4.60. The van der Waals surface area contributed by atoms with E-state index in [0.29, 0.717) is 17.9 Å². The monoisotopic (exact) mass is 210 g/mol. The summed E-state index contributed by atoms with van der Waals surface area (Å²) in [4.78, 5) is 15.3. The van der Waals surface area contributed by atoms with Gasteiger partial charge < -0.3 is 15.2 Å². The van der Waals surface area contributed by atoms with Crippen molar-refractivity contribution in [3.05, 3.63) is 23.9 Å². The number of aliphatic hydroxyl groups excluding tert-OH is 1. The molecule has 5 nitrogen and oxygen atoms in total. The number of pyridine rings is 1. The number of hydrogen-bond acceptors (Lipinski definition) is 5. The predicted molar refractivity (Wildman–Crippen MR) is 55.7 cm³/mol. The SMILES string of the molecule is COC(=O)c1cccnc1NC[C@@H](C)O. The summed E-state index contributed by atoms with van der Waals surface area (Å²) < 4.78 is 4.60. The summed E-state index contributed by atoms with van der Waals surface area (Å²) in [6.07, 6.45) is 1.06. The van der Waals surface area contributed by atoms with Gasteiger partial charge in [0.2, 0.25) is 0 Å². The second-order valence-electron chi connectivity index (χ2n) is 3.12. The number of ether oxygens (including phenoxy) is 1. The third kappa shape index (κ3) is 3.21. The Morgan fingerprint density at radius 3 is 3.07 bits per heavy atom. The fraction of sp³-hybridized carbons (Fsp3) is 0.400. The van der Waals surface area contributed by atoms with Gasteiger partial charge in [-0.3, -0.25) is 0 Å². The number of anilines is 1. The third-order valence-electron chi connectivity index (χ3n) is 1.78. The topological polar surface area (TPSA) is 71.5 Å². The zero-order valence-electron chi connectivity index (χ0n) is 8.73. The van der Waals surface area contributed by atoms with Crippen molar-refractivity contribution in [3.8, 4) is 0 Å². The first-order valence-corrected chi connectivity index (χ1v) is 4.60. The van der Waals surface area contributed by atoms with Gasteiger partial charge in [0.1, 0.15) is 11.4 Å². The molecule has 5 heteroatoms.